The van der Waals surface area contributed by atoms with Gasteiger partial charge in [-0.15, -0.1) is 0 Å². The van der Waals surface area contributed by atoms with Crippen LogP contribution in [0.1, 0.15) is 5.56 Å². The van der Waals surface area contributed by atoms with Crippen LogP contribution in [0.2, 0.25) is 0 Å². The molecule has 0 aliphatic carbocycles. The number of anilines is 1. The number of hydrogen-bond acceptors (Lipinski definition) is 5. The molecule has 138 valence electrons. The lowest BCUT2D eigenvalue weighted by atomic mass is 10.2. The molecule has 0 aromatic heterocycles. The van der Waals surface area contributed by atoms with Crippen LogP contribution in [0.3, 0.4) is 0 Å². The average molecular weight is 400 g/mol. The van der Waals surface area contributed by atoms with Gasteiger partial charge in [-0.1, -0.05) is 48.2 Å². The minimum absolute atomic E-state index is 0.153. The molecular weight excluding hydrogens is 384 g/mol. The third kappa shape index (κ3) is 4.47. The van der Waals surface area contributed by atoms with Crippen LogP contribution in [-0.4, -0.2) is 13.3 Å². The Morgan fingerprint density at radius 2 is 1.63 bits per heavy atom. The van der Waals surface area contributed by atoms with Gasteiger partial charge in [0.25, 0.3) is 15.7 Å². The fourth-order valence-corrected chi connectivity index (χ4v) is 4.50. The third-order valence-corrected chi connectivity index (χ3v) is 6.24. The van der Waals surface area contributed by atoms with Gasteiger partial charge >= 0.3 is 0 Å². The summed E-state index contributed by atoms with van der Waals surface area (Å²) in [6.07, 6.45) is 0. The van der Waals surface area contributed by atoms with Gasteiger partial charge in [0.1, 0.15) is 0 Å². The first kappa shape index (κ1) is 18.9. The molecule has 0 atom stereocenters. The molecule has 8 heteroatoms. The van der Waals surface area contributed by atoms with Crippen molar-refractivity contribution in [1.82, 2.24) is 0 Å². The summed E-state index contributed by atoms with van der Waals surface area (Å²) in [4.78, 5) is 12.1. The fraction of sp³-hybridized carbons (Fsp3) is 0.0526. The topological polar surface area (TPSA) is 89.3 Å². The third-order valence-electron chi connectivity index (χ3n) is 3.79. The van der Waals surface area contributed by atoms with Crippen molar-refractivity contribution in [2.45, 2.75) is 21.6 Å². The van der Waals surface area contributed by atoms with Crippen LogP contribution < -0.4 is 4.72 Å². The number of aryl methyl sites for hydroxylation is 1. The molecule has 0 spiro atoms. The Bertz CT molecular complexity index is 1080. The van der Waals surface area contributed by atoms with Crippen LogP contribution in [0.5, 0.6) is 0 Å². The molecule has 0 amide bonds. The number of nitrogens with one attached hydrogen (secondary N) is 1. The Morgan fingerprint density at radius 3 is 2.33 bits per heavy atom. The molecule has 1 N–H and O–H groups in total. The van der Waals surface area contributed by atoms with Crippen molar-refractivity contribution in [2.24, 2.45) is 0 Å². The molecule has 3 rings (SSSR count). The SMILES string of the molecule is Cc1ccc(S(=O)(=O)Nc2ccccc2Sc2ccccc2)cc1[N+](=O)[O-]. The largest absolute Gasteiger partial charge is 0.278 e. The molecule has 0 aliphatic heterocycles. The molecular formula is C19H16N2O4S2. The van der Waals surface area contributed by atoms with Gasteiger partial charge in [-0.05, 0) is 37.3 Å². The molecule has 0 unspecified atom stereocenters. The molecule has 3 aromatic carbocycles. The lowest BCUT2D eigenvalue weighted by Gasteiger charge is -2.12. The first-order chi connectivity index (χ1) is 12.9. The van der Waals surface area contributed by atoms with Crippen molar-refractivity contribution < 1.29 is 13.3 Å². The van der Waals surface area contributed by atoms with Gasteiger partial charge in [0.15, 0.2) is 0 Å². The minimum Gasteiger partial charge on any atom is -0.278 e. The maximum atomic E-state index is 12.7. The highest BCUT2D eigenvalue weighted by Crippen LogP contribution is 2.34. The second kappa shape index (κ2) is 7.81. The summed E-state index contributed by atoms with van der Waals surface area (Å²) in [5.74, 6) is 0. The van der Waals surface area contributed by atoms with Gasteiger partial charge in [0.05, 0.1) is 15.5 Å². The van der Waals surface area contributed by atoms with Gasteiger partial charge < -0.3 is 0 Å². The Morgan fingerprint density at radius 1 is 0.963 bits per heavy atom. The fourth-order valence-electron chi connectivity index (χ4n) is 2.41. The maximum absolute atomic E-state index is 12.7. The zero-order chi connectivity index (χ0) is 19.4. The zero-order valence-electron chi connectivity index (χ0n) is 14.3. The van der Waals surface area contributed by atoms with Crippen molar-refractivity contribution in [1.29, 1.82) is 0 Å². The molecule has 0 heterocycles. The quantitative estimate of drug-likeness (QED) is 0.472. The number of nitro groups is 1. The Balaban J connectivity index is 1.93. The predicted molar refractivity (Wildman–Crippen MR) is 106 cm³/mol. The Hall–Kier alpha value is -2.84. The van der Waals surface area contributed by atoms with E-state index in [4.69, 9.17) is 0 Å². The minimum atomic E-state index is -3.97. The lowest BCUT2D eigenvalue weighted by Crippen LogP contribution is -2.14. The van der Waals surface area contributed by atoms with Crippen molar-refractivity contribution >= 4 is 33.2 Å². The average Bonchev–Trinajstić information content (AvgIpc) is 2.64. The van der Waals surface area contributed by atoms with E-state index in [9.17, 15) is 18.5 Å². The lowest BCUT2D eigenvalue weighted by molar-refractivity contribution is -0.385. The summed E-state index contributed by atoms with van der Waals surface area (Å²) in [6, 6.07) is 20.4. The van der Waals surface area contributed by atoms with E-state index in [0.717, 1.165) is 15.9 Å². The van der Waals surface area contributed by atoms with Gasteiger partial charge in [0, 0.05) is 21.4 Å². The van der Waals surface area contributed by atoms with Crippen molar-refractivity contribution in [2.75, 3.05) is 4.72 Å². The van der Waals surface area contributed by atoms with E-state index >= 15 is 0 Å². The Kier molecular flexibility index (Phi) is 5.48. The van der Waals surface area contributed by atoms with Gasteiger partial charge in [-0.3, -0.25) is 14.8 Å². The van der Waals surface area contributed by atoms with E-state index < -0.39 is 14.9 Å². The summed E-state index contributed by atoms with van der Waals surface area (Å²) in [5, 5.41) is 11.1. The predicted octanol–water partition coefficient (Wildman–Crippen LogP) is 4.86. The number of benzene rings is 3. The molecule has 0 bridgehead atoms. The van der Waals surface area contributed by atoms with Gasteiger partial charge in [-0.25, -0.2) is 8.42 Å². The highest BCUT2D eigenvalue weighted by atomic mass is 32.2. The maximum Gasteiger partial charge on any atom is 0.273 e. The van der Waals surface area contributed by atoms with Crippen LogP contribution in [0.25, 0.3) is 0 Å². The van der Waals surface area contributed by atoms with E-state index in [-0.39, 0.29) is 10.6 Å². The highest BCUT2D eigenvalue weighted by Gasteiger charge is 2.21. The number of rotatable bonds is 6. The van der Waals surface area contributed by atoms with Crippen molar-refractivity contribution in [3.05, 3.63) is 88.5 Å². The van der Waals surface area contributed by atoms with E-state index in [0.29, 0.717) is 11.3 Å². The molecule has 0 aliphatic rings. The summed E-state index contributed by atoms with van der Waals surface area (Å²) in [6.45, 7) is 1.56. The number of sulfonamides is 1. The van der Waals surface area contributed by atoms with E-state index in [2.05, 4.69) is 4.72 Å². The number of nitro benzene ring substituents is 1. The van der Waals surface area contributed by atoms with Crippen LogP contribution in [0.4, 0.5) is 11.4 Å². The van der Waals surface area contributed by atoms with Gasteiger partial charge in [0.2, 0.25) is 0 Å². The normalized spacial score (nSPS) is 11.1. The van der Waals surface area contributed by atoms with Crippen molar-refractivity contribution in [3.63, 3.8) is 0 Å². The van der Waals surface area contributed by atoms with Crippen LogP contribution in [0.15, 0.2) is 87.5 Å². The number of hydrogen-bond donors (Lipinski definition) is 1. The molecule has 3 aromatic rings. The van der Waals surface area contributed by atoms with E-state index in [1.807, 2.05) is 42.5 Å². The van der Waals surface area contributed by atoms with Crippen LogP contribution >= 0.6 is 11.8 Å². The molecule has 6 nitrogen and oxygen atoms in total. The second-order valence-corrected chi connectivity index (χ2v) is 8.52. The van der Waals surface area contributed by atoms with Crippen molar-refractivity contribution in [3.8, 4) is 0 Å². The molecule has 0 fully saturated rings. The molecule has 0 saturated carbocycles. The first-order valence-corrected chi connectivity index (χ1v) is 10.3. The summed E-state index contributed by atoms with van der Waals surface area (Å²) < 4.78 is 28.0. The van der Waals surface area contributed by atoms with Crippen LogP contribution in [0, 0.1) is 17.0 Å². The summed E-state index contributed by atoms with van der Waals surface area (Å²) in [5.41, 5.74) is 0.582. The smallest absolute Gasteiger partial charge is 0.273 e. The second-order valence-electron chi connectivity index (χ2n) is 5.72. The molecule has 0 saturated heterocycles. The standard InChI is InChI=1S/C19H16N2O4S2/c1-14-11-12-16(13-18(14)21(22)23)27(24,25)20-17-9-5-6-10-19(17)26-15-7-3-2-4-8-15/h2-13,20H,1H3. The monoisotopic (exact) mass is 400 g/mol. The van der Waals surface area contributed by atoms with Gasteiger partial charge in [-0.2, -0.15) is 0 Å². The van der Waals surface area contributed by atoms with Crippen LogP contribution in [-0.2, 0) is 10.0 Å². The summed E-state index contributed by atoms with van der Waals surface area (Å²) >= 11 is 1.43. The highest BCUT2D eigenvalue weighted by molar-refractivity contribution is 7.99. The number of para-hydroxylation sites is 1. The molecule has 0 radical (unpaired) electrons. The Labute approximate surface area is 161 Å². The van der Waals surface area contributed by atoms with E-state index in [1.54, 1.807) is 19.1 Å². The number of nitrogens with zero attached hydrogens (tertiary/aromatic N) is 1. The zero-order valence-corrected chi connectivity index (χ0v) is 16.0. The summed E-state index contributed by atoms with van der Waals surface area (Å²) in [7, 11) is -3.97. The first-order valence-electron chi connectivity index (χ1n) is 7.96. The molecule has 27 heavy (non-hydrogen) atoms. The van der Waals surface area contributed by atoms with E-state index in [1.165, 1.54) is 23.9 Å².